The molecule has 1 aliphatic carbocycles. The molecular formula is C18H30O4. The van der Waals surface area contributed by atoms with Crippen LogP contribution in [0.5, 0.6) is 0 Å². The first-order valence-corrected chi connectivity index (χ1v) is 8.51. The first kappa shape index (κ1) is 18.9. The van der Waals surface area contributed by atoms with Crippen molar-refractivity contribution in [1.82, 2.24) is 0 Å². The third-order valence-electron chi connectivity index (χ3n) is 4.35. The van der Waals surface area contributed by atoms with Gasteiger partial charge < -0.3 is 9.47 Å². The molecule has 2 atom stereocenters. The molecule has 0 amide bonds. The minimum Gasteiger partial charge on any atom is -0.467 e. The van der Waals surface area contributed by atoms with Crippen LogP contribution in [0.1, 0.15) is 58.3 Å². The first-order valence-electron chi connectivity index (χ1n) is 8.51. The van der Waals surface area contributed by atoms with Gasteiger partial charge in [0.1, 0.15) is 12.4 Å². The Morgan fingerprint density at radius 2 is 2.09 bits per heavy atom. The number of allylic oxidation sites excluding steroid dienone is 2. The highest BCUT2D eigenvalue weighted by molar-refractivity contribution is 5.83. The third-order valence-corrected chi connectivity index (χ3v) is 4.35. The lowest BCUT2D eigenvalue weighted by Gasteiger charge is -2.16. The number of methoxy groups -OCH3 is 1. The zero-order chi connectivity index (χ0) is 16.2. The minimum atomic E-state index is -0.326. The van der Waals surface area contributed by atoms with Gasteiger partial charge in [-0.1, -0.05) is 31.9 Å². The van der Waals surface area contributed by atoms with Crippen molar-refractivity contribution in [2.45, 2.75) is 58.3 Å². The minimum absolute atomic E-state index is 0.0411. The van der Waals surface area contributed by atoms with E-state index < -0.39 is 0 Å². The molecule has 4 heteroatoms. The van der Waals surface area contributed by atoms with Crippen molar-refractivity contribution >= 4 is 11.8 Å². The van der Waals surface area contributed by atoms with Gasteiger partial charge in [-0.15, -0.1) is 0 Å². The van der Waals surface area contributed by atoms with Crippen LogP contribution in [0.2, 0.25) is 0 Å². The maximum absolute atomic E-state index is 11.9. The molecule has 0 radical (unpaired) electrons. The molecule has 0 spiro atoms. The summed E-state index contributed by atoms with van der Waals surface area (Å²) in [4.78, 5) is 22.8. The molecular weight excluding hydrogens is 280 g/mol. The Morgan fingerprint density at radius 1 is 1.27 bits per heavy atom. The summed E-state index contributed by atoms with van der Waals surface area (Å²) in [5.74, 6) is 0.933. The van der Waals surface area contributed by atoms with Gasteiger partial charge in [0.05, 0.1) is 7.11 Å². The highest BCUT2D eigenvalue weighted by Gasteiger charge is 2.32. The van der Waals surface area contributed by atoms with Crippen LogP contribution in [0.3, 0.4) is 0 Å². The van der Waals surface area contributed by atoms with E-state index in [2.05, 4.69) is 23.8 Å². The second-order valence-electron chi connectivity index (χ2n) is 5.96. The van der Waals surface area contributed by atoms with E-state index in [0.29, 0.717) is 18.3 Å². The zero-order valence-corrected chi connectivity index (χ0v) is 14.0. The second-order valence-corrected chi connectivity index (χ2v) is 5.96. The molecule has 0 unspecified atom stereocenters. The smallest absolute Gasteiger partial charge is 0.331 e. The number of hydrogen-bond acceptors (Lipinski definition) is 4. The van der Waals surface area contributed by atoms with Crippen LogP contribution in [0.4, 0.5) is 0 Å². The number of rotatable bonds is 11. The molecule has 0 aliphatic heterocycles. The molecule has 1 aliphatic rings. The molecule has 22 heavy (non-hydrogen) atoms. The molecule has 0 aromatic carbocycles. The fourth-order valence-corrected chi connectivity index (χ4v) is 3.06. The number of unbranched alkanes of at least 4 members (excludes halogenated alkanes) is 2. The fraction of sp³-hybridized carbons (Fsp3) is 0.778. The van der Waals surface area contributed by atoms with Crippen molar-refractivity contribution in [1.29, 1.82) is 0 Å². The monoisotopic (exact) mass is 310 g/mol. The largest absolute Gasteiger partial charge is 0.467 e. The molecule has 0 aromatic heterocycles. The molecule has 0 aromatic rings. The summed E-state index contributed by atoms with van der Waals surface area (Å²) in [5, 5.41) is 0. The van der Waals surface area contributed by atoms with E-state index in [1.54, 1.807) is 0 Å². The van der Waals surface area contributed by atoms with Crippen molar-refractivity contribution in [3.05, 3.63) is 12.2 Å². The summed E-state index contributed by atoms with van der Waals surface area (Å²) in [5.41, 5.74) is 0. The summed E-state index contributed by atoms with van der Waals surface area (Å²) in [6.07, 6.45) is 12.4. The Morgan fingerprint density at radius 3 is 2.82 bits per heavy atom. The van der Waals surface area contributed by atoms with Crippen molar-refractivity contribution in [3.63, 3.8) is 0 Å². The van der Waals surface area contributed by atoms with Crippen LogP contribution in [0.25, 0.3) is 0 Å². The van der Waals surface area contributed by atoms with E-state index in [9.17, 15) is 9.59 Å². The lowest BCUT2D eigenvalue weighted by molar-refractivity contribution is -0.145. The van der Waals surface area contributed by atoms with Crippen molar-refractivity contribution < 1.29 is 19.1 Å². The van der Waals surface area contributed by atoms with Gasteiger partial charge in [0.25, 0.3) is 0 Å². The maximum Gasteiger partial charge on any atom is 0.331 e. The summed E-state index contributed by atoms with van der Waals surface area (Å²) in [7, 11) is 1.36. The number of esters is 1. The van der Waals surface area contributed by atoms with Crippen molar-refractivity contribution in [2.75, 3.05) is 20.3 Å². The average molecular weight is 310 g/mol. The van der Waals surface area contributed by atoms with Gasteiger partial charge in [0, 0.05) is 18.9 Å². The standard InChI is InChI=1S/C18H30O4/c1-3-4-6-10-16-15(11-12-17(16)19)9-7-5-8-13-22-14-18(20)21-2/h4,6,15-16H,3,5,7-14H2,1-2H3/b6-4-/t15-,16+/m0/s1. The molecule has 0 saturated heterocycles. The number of carbonyl (C=O) groups excluding carboxylic acids is 2. The summed E-state index contributed by atoms with van der Waals surface area (Å²) >= 11 is 0. The fourth-order valence-electron chi connectivity index (χ4n) is 3.06. The molecule has 0 heterocycles. The maximum atomic E-state index is 11.9. The van der Waals surface area contributed by atoms with Crippen molar-refractivity contribution in [3.8, 4) is 0 Å². The highest BCUT2D eigenvalue weighted by atomic mass is 16.6. The molecule has 0 bridgehead atoms. The van der Waals surface area contributed by atoms with Crippen LogP contribution in [-0.4, -0.2) is 32.1 Å². The number of hydrogen-bond donors (Lipinski definition) is 0. The van der Waals surface area contributed by atoms with Gasteiger partial charge in [0.2, 0.25) is 0 Å². The normalized spacial score (nSPS) is 21.6. The molecule has 126 valence electrons. The van der Waals surface area contributed by atoms with Gasteiger partial charge in [-0.2, -0.15) is 0 Å². The molecule has 4 nitrogen and oxygen atoms in total. The summed E-state index contributed by atoms with van der Waals surface area (Å²) in [6, 6.07) is 0. The quantitative estimate of drug-likeness (QED) is 0.332. The number of carbonyl (C=O) groups is 2. The van der Waals surface area contributed by atoms with Gasteiger partial charge in [-0.25, -0.2) is 4.79 Å². The van der Waals surface area contributed by atoms with Crippen LogP contribution in [-0.2, 0) is 19.1 Å². The van der Waals surface area contributed by atoms with E-state index in [0.717, 1.165) is 51.4 Å². The van der Waals surface area contributed by atoms with Gasteiger partial charge in [-0.3, -0.25) is 4.79 Å². The Balaban J connectivity index is 2.11. The van der Waals surface area contributed by atoms with Crippen LogP contribution < -0.4 is 0 Å². The lowest BCUT2D eigenvalue weighted by Crippen LogP contribution is -2.14. The van der Waals surface area contributed by atoms with Gasteiger partial charge >= 0.3 is 5.97 Å². The van der Waals surface area contributed by atoms with E-state index in [-0.39, 0.29) is 18.5 Å². The van der Waals surface area contributed by atoms with Crippen molar-refractivity contribution in [2.24, 2.45) is 11.8 Å². The van der Waals surface area contributed by atoms with E-state index in [1.165, 1.54) is 7.11 Å². The number of ether oxygens (including phenoxy) is 2. The Hall–Kier alpha value is -1.16. The lowest BCUT2D eigenvalue weighted by atomic mass is 9.88. The van der Waals surface area contributed by atoms with Gasteiger partial charge in [0.15, 0.2) is 0 Å². The predicted octanol–water partition coefficient (Wildman–Crippen LogP) is 3.69. The Kier molecular flexibility index (Phi) is 9.80. The topological polar surface area (TPSA) is 52.6 Å². The highest BCUT2D eigenvalue weighted by Crippen LogP contribution is 2.35. The molecule has 1 fully saturated rings. The SMILES string of the molecule is CC/C=C\C[C@H]1C(=O)CC[C@@H]1CCCCCOCC(=O)OC. The molecule has 1 rings (SSSR count). The van der Waals surface area contributed by atoms with Crippen LogP contribution in [0, 0.1) is 11.8 Å². The van der Waals surface area contributed by atoms with Gasteiger partial charge in [-0.05, 0) is 38.0 Å². The predicted molar refractivity (Wildman–Crippen MR) is 86.6 cm³/mol. The number of Topliss-reactive ketones (excluding diaryl/α,β-unsaturated/α-hetero) is 1. The Labute approximate surface area is 134 Å². The molecule has 0 N–H and O–H groups in total. The summed E-state index contributed by atoms with van der Waals surface area (Å²) in [6.45, 7) is 2.76. The number of ketones is 1. The van der Waals surface area contributed by atoms with E-state index in [1.807, 2.05) is 0 Å². The second kappa shape index (κ2) is 11.4. The first-order chi connectivity index (χ1) is 10.7. The van der Waals surface area contributed by atoms with E-state index >= 15 is 0 Å². The zero-order valence-electron chi connectivity index (χ0n) is 14.0. The molecule has 1 saturated carbocycles. The van der Waals surface area contributed by atoms with E-state index in [4.69, 9.17) is 4.74 Å². The average Bonchev–Trinajstić information content (AvgIpc) is 2.87. The third kappa shape index (κ3) is 7.21. The summed E-state index contributed by atoms with van der Waals surface area (Å²) < 4.78 is 9.73. The van der Waals surface area contributed by atoms with Crippen LogP contribution >= 0.6 is 0 Å². The Bertz CT molecular complexity index is 362. The van der Waals surface area contributed by atoms with Crippen LogP contribution in [0.15, 0.2) is 12.2 Å².